The number of nitrogens with zero attached hydrogens (tertiary/aromatic N) is 3. The molecule has 2 rings (SSSR count). The second-order valence-electron chi connectivity index (χ2n) is 5.10. The maximum absolute atomic E-state index is 12.3. The van der Waals surface area contributed by atoms with Crippen LogP contribution >= 0.6 is 34.4 Å². The van der Waals surface area contributed by atoms with Gasteiger partial charge < -0.3 is 15.5 Å². The first-order chi connectivity index (χ1) is 12.6. The molecule has 0 radical (unpaired) electrons. The van der Waals surface area contributed by atoms with E-state index in [4.69, 9.17) is 0 Å². The summed E-state index contributed by atoms with van der Waals surface area (Å²) in [7, 11) is 0. The Morgan fingerprint density at radius 3 is 2.96 bits per heavy atom. The summed E-state index contributed by atoms with van der Waals surface area (Å²) in [4.78, 5) is 27.0. The highest BCUT2D eigenvalue weighted by atomic mass is 32.2. The van der Waals surface area contributed by atoms with Crippen LogP contribution in [-0.2, 0) is 16.1 Å². The van der Waals surface area contributed by atoms with E-state index in [-0.39, 0.29) is 24.1 Å². The van der Waals surface area contributed by atoms with E-state index in [0.29, 0.717) is 29.1 Å². The lowest BCUT2D eigenvalue weighted by molar-refractivity contribution is -0.133. The van der Waals surface area contributed by atoms with E-state index in [1.54, 1.807) is 17.4 Å². The monoisotopic (exact) mass is 411 g/mol. The molecule has 0 aliphatic heterocycles. The molecular weight excluding hydrogens is 390 g/mol. The molecule has 2 heterocycles. The fraction of sp³-hybridized carbons (Fsp3) is 0.375. The minimum absolute atomic E-state index is 0.0591. The molecule has 0 atom stereocenters. The third-order valence-corrected chi connectivity index (χ3v) is 6.11. The fourth-order valence-corrected chi connectivity index (χ4v) is 4.22. The van der Waals surface area contributed by atoms with Crippen LogP contribution in [0, 0.1) is 0 Å². The highest BCUT2D eigenvalue weighted by Crippen LogP contribution is 2.25. The van der Waals surface area contributed by atoms with E-state index in [0.717, 1.165) is 4.88 Å². The van der Waals surface area contributed by atoms with Gasteiger partial charge in [-0.2, -0.15) is 0 Å². The standard InChI is InChI=1S/C16H21N5O2S3/c1-3-7-17-15-19-20-16(26-15)25-11-14(23)21(4-2)10-13(22)18-9-12-6-5-8-24-12/h3,5-6,8H,1,4,7,9-11H2,2H3,(H,17,19)(H,18,22). The number of thiophene rings is 1. The maximum Gasteiger partial charge on any atom is 0.239 e. The molecule has 0 fully saturated rings. The molecule has 0 aliphatic rings. The van der Waals surface area contributed by atoms with Crippen molar-refractivity contribution in [2.24, 2.45) is 0 Å². The van der Waals surface area contributed by atoms with Gasteiger partial charge in [0, 0.05) is 18.0 Å². The number of likely N-dealkylation sites (N-methyl/N-ethyl adjacent to an activating group) is 1. The van der Waals surface area contributed by atoms with Crippen LogP contribution in [0.4, 0.5) is 5.13 Å². The molecule has 2 N–H and O–H groups in total. The Hall–Kier alpha value is -1.91. The van der Waals surface area contributed by atoms with E-state index in [9.17, 15) is 9.59 Å². The molecule has 0 aliphatic carbocycles. The zero-order chi connectivity index (χ0) is 18.8. The molecule has 10 heteroatoms. The summed E-state index contributed by atoms with van der Waals surface area (Å²) in [6.07, 6.45) is 1.74. The number of hydrogen-bond donors (Lipinski definition) is 2. The molecule has 0 spiro atoms. The third kappa shape index (κ3) is 6.77. The second-order valence-corrected chi connectivity index (χ2v) is 8.33. The van der Waals surface area contributed by atoms with Crippen LogP contribution in [0.5, 0.6) is 0 Å². The Kier molecular flexibility index (Phi) is 8.59. The molecule has 7 nitrogen and oxygen atoms in total. The Bertz CT molecular complexity index is 717. The summed E-state index contributed by atoms with van der Waals surface area (Å²) in [5, 5.41) is 16.6. The third-order valence-electron chi connectivity index (χ3n) is 3.23. The maximum atomic E-state index is 12.3. The Morgan fingerprint density at radius 2 is 2.27 bits per heavy atom. The number of carbonyl (C=O) groups excluding carboxylic acids is 2. The van der Waals surface area contributed by atoms with Crippen molar-refractivity contribution in [2.75, 3.05) is 30.7 Å². The van der Waals surface area contributed by atoms with Crippen LogP contribution in [0.15, 0.2) is 34.5 Å². The number of anilines is 1. The Balaban J connectivity index is 1.75. The van der Waals surface area contributed by atoms with Crippen LogP contribution in [0.2, 0.25) is 0 Å². The minimum atomic E-state index is -0.162. The van der Waals surface area contributed by atoms with Gasteiger partial charge in [-0.1, -0.05) is 35.2 Å². The van der Waals surface area contributed by atoms with Crippen molar-refractivity contribution >= 4 is 51.4 Å². The van der Waals surface area contributed by atoms with Crippen LogP contribution in [0.1, 0.15) is 11.8 Å². The molecule has 140 valence electrons. The lowest BCUT2D eigenvalue weighted by Gasteiger charge is -2.19. The first-order valence-electron chi connectivity index (χ1n) is 8.00. The Labute approximate surface area is 164 Å². The fourth-order valence-electron chi connectivity index (χ4n) is 1.92. The smallest absolute Gasteiger partial charge is 0.239 e. The second kappa shape index (κ2) is 10.9. The number of thioether (sulfide) groups is 1. The lowest BCUT2D eigenvalue weighted by atomic mass is 10.4. The number of amides is 2. The van der Waals surface area contributed by atoms with Gasteiger partial charge in [-0.3, -0.25) is 9.59 Å². The van der Waals surface area contributed by atoms with Crippen molar-refractivity contribution in [1.82, 2.24) is 20.4 Å². The highest BCUT2D eigenvalue weighted by molar-refractivity contribution is 8.01. The summed E-state index contributed by atoms with van der Waals surface area (Å²) in [6.45, 7) is 7.13. The van der Waals surface area contributed by atoms with Crippen LogP contribution < -0.4 is 10.6 Å². The number of hydrogen-bond acceptors (Lipinski definition) is 8. The summed E-state index contributed by atoms with van der Waals surface area (Å²) in [5.41, 5.74) is 0. The predicted molar refractivity (Wildman–Crippen MR) is 108 cm³/mol. The first-order valence-corrected chi connectivity index (χ1v) is 10.7. The predicted octanol–water partition coefficient (Wildman–Crippen LogP) is 2.45. The van der Waals surface area contributed by atoms with Gasteiger partial charge >= 0.3 is 0 Å². The molecule has 2 aromatic heterocycles. The highest BCUT2D eigenvalue weighted by Gasteiger charge is 2.17. The van der Waals surface area contributed by atoms with Crippen LogP contribution in [0.25, 0.3) is 0 Å². The van der Waals surface area contributed by atoms with Gasteiger partial charge in [0.15, 0.2) is 4.34 Å². The van der Waals surface area contributed by atoms with Crippen molar-refractivity contribution in [3.63, 3.8) is 0 Å². The zero-order valence-electron chi connectivity index (χ0n) is 14.4. The molecule has 2 aromatic rings. The molecule has 0 saturated heterocycles. The quantitative estimate of drug-likeness (QED) is 0.436. The molecule has 0 aromatic carbocycles. The van der Waals surface area contributed by atoms with Gasteiger partial charge in [-0.25, -0.2) is 0 Å². The van der Waals surface area contributed by atoms with Crippen molar-refractivity contribution in [2.45, 2.75) is 17.8 Å². The first kappa shape index (κ1) is 20.4. The average molecular weight is 412 g/mol. The van der Waals surface area contributed by atoms with Gasteiger partial charge in [0.1, 0.15) is 0 Å². The molecule has 2 amide bonds. The normalized spacial score (nSPS) is 10.3. The van der Waals surface area contributed by atoms with Crippen molar-refractivity contribution < 1.29 is 9.59 Å². The average Bonchev–Trinajstić information content (AvgIpc) is 3.32. The van der Waals surface area contributed by atoms with Gasteiger partial charge in [0.25, 0.3) is 0 Å². The number of nitrogens with one attached hydrogen (secondary N) is 2. The van der Waals surface area contributed by atoms with E-state index in [1.165, 1.54) is 28.0 Å². The van der Waals surface area contributed by atoms with Gasteiger partial charge in [0.2, 0.25) is 16.9 Å². The van der Waals surface area contributed by atoms with Gasteiger partial charge in [-0.05, 0) is 18.4 Å². The van der Waals surface area contributed by atoms with Crippen molar-refractivity contribution in [3.05, 3.63) is 35.0 Å². The largest absolute Gasteiger partial charge is 0.357 e. The zero-order valence-corrected chi connectivity index (χ0v) is 16.9. The van der Waals surface area contributed by atoms with Gasteiger partial charge in [0.05, 0.1) is 18.8 Å². The summed E-state index contributed by atoms with van der Waals surface area (Å²) in [6, 6.07) is 3.90. The molecular formula is C16H21N5O2S3. The lowest BCUT2D eigenvalue weighted by Crippen LogP contribution is -2.41. The summed E-state index contributed by atoms with van der Waals surface area (Å²) < 4.78 is 0.711. The van der Waals surface area contributed by atoms with Gasteiger partial charge in [-0.15, -0.1) is 28.1 Å². The molecule has 0 saturated carbocycles. The molecule has 0 bridgehead atoms. The van der Waals surface area contributed by atoms with E-state index < -0.39 is 0 Å². The van der Waals surface area contributed by atoms with E-state index >= 15 is 0 Å². The topological polar surface area (TPSA) is 87.2 Å². The Morgan fingerprint density at radius 1 is 1.42 bits per heavy atom. The van der Waals surface area contributed by atoms with Crippen LogP contribution in [0.3, 0.4) is 0 Å². The molecule has 0 unspecified atom stereocenters. The van der Waals surface area contributed by atoms with Crippen molar-refractivity contribution in [1.29, 1.82) is 0 Å². The van der Waals surface area contributed by atoms with Crippen molar-refractivity contribution in [3.8, 4) is 0 Å². The molecule has 26 heavy (non-hydrogen) atoms. The van der Waals surface area contributed by atoms with E-state index in [2.05, 4.69) is 27.4 Å². The summed E-state index contributed by atoms with van der Waals surface area (Å²) in [5.74, 6) is -0.0349. The van der Waals surface area contributed by atoms with Crippen LogP contribution in [-0.4, -0.2) is 52.3 Å². The summed E-state index contributed by atoms with van der Waals surface area (Å²) >= 11 is 4.30. The van der Waals surface area contributed by atoms with E-state index in [1.807, 2.05) is 24.4 Å². The number of rotatable bonds is 11. The minimum Gasteiger partial charge on any atom is -0.357 e. The number of aromatic nitrogens is 2. The SMILES string of the molecule is C=CCNc1nnc(SCC(=O)N(CC)CC(=O)NCc2cccs2)s1. The number of carbonyl (C=O) groups is 2.